The molecule has 2 nitrogen and oxygen atoms in total. The zero-order chi connectivity index (χ0) is 11.7. The Bertz CT molecular complexity index is 499. The summed E-state index contributed by atoms with van der Waals surface area (Å²) in [6, 6.07) is 6.02. The molecule has 84 valence electrons. The van der Waals surface area contributed by atoms with E-state index in [0.717, 1.165) is 20.3 Å². The first-order valence-electron chi connectivity index (χ1n) is 4.68. The fourth-order valence-corrected chi connectivity index (χ4v) is 3.39. The van der Waals surface area contributed by atoms with E-state index in [1.165, 1.54) is 5.56 Å². The van der Waals surface area contributed by atoms with Crippen molar-refractivity contribution in [3.8, 4) is 5.69 Å². The Kier molecular flexibility index (Phi) is 3.72. The first-order chi connectivity index (χ1) is 7.61. The fraction of sp³-hybridized carbons (Fsp3) is 0.182. The molecule has 2 rings (SSSR count). The number of benzene rings is 1. The van der Waals surface area contributed by atoms with Gasteiger partial charge >= 0.3 is 0 Å². The number of rotatable bonds is 2. The second-order valence-corrected chi connectivity index (χ2v) is 5.44. The van der Waals surface area contributed by atoms with Gasteiger partial charge in [0.25, 0.3) is 0 Å². The molecule has 0 N–H and O–H groups in total. The van der Waals surface area contributed by atoms with Crippen molar-refractivity contribution in [3.05, 3.63) is 44.6 Å². The number of alkyl halides is 1. The second kappa shape index (κ2) is 4.90. The number of aryl methyl sites for hydroxylation is 1. The van der Waals surface area contributed by atoms with Crippen LogP contribution in [-0.2, 0) is 5.88 Å². The third-order valence-electron chi connectivity index (χ3n) is 2.17. The van der Waals surface area contributed by atoms with E-state index in [1.807, 2.05) is 23.9 Å². The summed E-state index contributed by atoms with van der Waals surface area (Å²) in [6.07, 6.45) is 1.90. The molecular formula is C11H9Br2ClN2. The van der Waals surface area contributed by atoms with Gasteiger partial charge in [-0.25, -0.2) is 4.68 Å². The minimum atomic E-state index is 0.425. The Morgan fingerprint density at radius 2 is 1.94 bits per heavy atom. The molecule has 0 saturated carbocycles. The summed E-state index contributed by atoms with van der Waals surface area (Å²) in [5.41, 5.74) is 3.04. The topological polar surface area (TPSA) is 17.8 Å². The minimum Gasteiger partial charge on any atom is -0.238 e. The number of hydrogen-bond donors (Lipinski definition) is 0. The molecule has 1 heterocycles. The van der Waals surface area contributed by atoms with E-state index < -0.39 is 0 Å². The summed E-state index contributed by atoms with van der Waals surface area (Å²) < 4.78 is 3.82. The third kappa shape index (κ3) is 2.34. The van der Waals surface area contributed by atoms with Gasteiger partial charge in [0.15, 0.2) is 0 Å². The maximum absolute atomic E-state index is 5.73. The number of halogens is 3. The van der Waals surface area contributed by atoms with E-state index >= 15 is 0 Å². The summed E-state index contributed by atoms with van der Waals surface area (Å²) in [5.74, 6) is 0.425. The summed E-state index contributed by atoms with van der Waals surface area (Å²) >= 11 is 12.8. The molecule has 0 aliphatic heterocycles. The molecule has 5 heteroatoms. The van der Waals surface area contributed by atoms with E-state index in [2.05, 4.69) is 49.1 Å². The first kappa shape index (κ1) is 12.1. The summed E-state index contributed by atoms with van der Waals surface area (Å²) in [4.78, 5) is 0. The molecule has 0 saturated heterocycles. The maximum atomic E-state index is 5.73. The lowest BCUT2D eigenvalue weighted by Crippen LogP contribution is -1.98. The molecule has 0 fully saturated rings. The average molecular weight is 364 g/mol. The molecule has 1 aromatic heterocycles. The molecule has 16 heavy (non-hydrogen) atoms. The lowest BCUT2D eigenvalue weighted by atomic mass is 10.2. The SMILES string of the molecule is Cc1cc(Br)c(-n2ccc(CCl)n2)c(Br)c1. The van der Waals surface area contributed by atoms with Gasteiger partial charge in [0.05, 0.1) is 17.3 Å². The van der Waals surface area contributed by atoms with Crippen LogP contribution in [0, 0.1) is 6.92 Å². The molecule has 2 aromatic rings. The van der Waals surface area contributed by atoms with Gasteiger partial charge in [-0.05, 0) is 62.5 Å². The van der Waals surface area contributed by atoms with Gasteiger partial charge in [0, 0.05) is 15.1 Å². The molecule has 0 radical (unpaired) electrons. The standard InChI is InChI=1S/C11H9Br2ClN2/c1-7-4-9(12)11(10(13)5-7)16-3-2-8(6-14)15-16/h2-5H,6H2,1H3. The molecule has 0 aliphatic rings. The molecule has 0 unspecified atom stereocenters. The summed E-state index contributed by atoms with van der Waals surface area (Å²) in [5, 5.41) is 4.38. The molecule has 0 spiro atoms. The monoisotopic (exact) mass is 362 g/mol. The van der Waals surface area contributed by atoms with Gasteiger partial charge in [0.2, 0.25) is 0 Å². The van der Waals surface area contributed by atoms with Gasteiger partial charge in [-0.2, -0.15) is 5.10 Å². The molecule has 0 bridgehead atoms. The van der Waals surface area contributed by atoms with Gasteiger partial charge in [0.1, 0.15) is 0 Å². The molecular weight excluding hydrogens is 355 g/mol. The minimum absolute atomic E-state index is 0.425. The van der Waals surface area contributed by atoms with Gasteiger partial charge in [-0.15, -0.1) is 11.6 Å². The van der Waals surface area contributed by atoms with Crippen LogP contribution in [0.5, 0.6) is 0 Å². The van der Waals surface area contributed by atoms with E-state index in [9.17, 15) is 0 Å². The van der Waals surface area contributed by atoms with Crippen LogP contribution >= 0.6 is 43.5 Å². The zero-order valence-electron chi connectivity index (χ0n) is 8.54. The highest BCUT2D eigenvalue weighted by Gasteiger charge is 2.09. The van der Waals surface area contributed by atoms with Crippen LogP contribution in [0.1, 0.15) is 11.3 Å². The smallest absolute Gasteiger partial charge is 0.0929 e. The van der Waals surface area contributed by atoms with Crippen molar-refractivity contribution in [2.24, 2.45) is 0 Å². The normalized spacial score (nSPS) is 10.8. The predicted molar refractivity (Wildman–Crippen MR) is 73.3 cm³/mol. The first-order valence-corrected chi connectivity index (χ1v) is 6.80. The van der Waals surface area contributed by atoms with Crippen LogP contribution in [0.25, 0.3) is 5.69 Å². The van der Waals surface area contributed by atoms with E-state index in [-0.39, 0.29) is 0 Å². The van der Waals surface area contributed by atoms with Crippen molar-refractivity contribution >= 4 is 43.5 Å². The highest BCUT2D eigenvalue weighted by atomic mass is 79.9. The molecule has 1 aromatic carbocycles. The second-order valence-electron chi connectivity index (χ2n) is 3.46. The zero-order valence-corrected chi connectivity index (χ0v) is 12.5. The number of nitrogens with zero attached hydrogens (tertiary/aromatic N) is 2. The molecule has 0 atom stereocenters. The highest BCUT2D eigenvalue weighted by Crippen LogP contribution is 2.30. The van der Waals surface area contributed by atoms with Crippen molar-refractivity contribution in [2.45, 2.75) is 12.8 Å². The largest absolute Gasteiger partial charge is 0.238 e. The average Bonchev–Trinajstić information content (AvgIpc) is 2.64. The summed E-state index contributed by atoms with van der Waals surface area (Å²) in [6.45, 7) is 2.05. The lowest BCUT2D eigenvalue weighted by molar-refractivity contribution is 0.850. The van der Waals surface area contributed by atoms with Gasteiger partial charge in [-0.1, -0.05) is 0 Å². The lowest BCUT2D eigenvalue weighted by Gasteiger charge is -2.08. The van der Waals surface area contributed by atoms with Crippen molar-refractivity contribution in [3.63, 3.8) is 0 Å². The Morgan fingerprint density at radius 1 is 1.31 bits per heavy atom. The van der Waals surface area contributed by atoms with Gasteiger partial charge < -0.3 is 0 Å². The van der Waals surface area contributed by atoms with Crippen molar-refractivity contribution in [2.75, 3.05) is 0 Å². The number of hydrogen-bond acceptors (Lipinski definition) is 1. The predicted octanol–water partition coefficient (Wildman–Crippen LogP) is 4.44. The fourth-order valence-electron chi connectivity index (χ4n) is 1.47. The van der Waals surface area contributed by atoms with Crippen molar-refractivity contribution in [1.29, 1.82) is 0 Å². The highest BCUT2D eigenvalue weighted by molar-refractivity contribution is 9.11. The van der Waals surface area contributed by atoms with Crippen LogP contribution < -0.4 is 0 Å². The van der Waals surface area contributed by atoms with E-state index in [0.29, 0.717) is 5.88 Å². The maximum Gasteiger partial charge on any atom is 0.0929 e. The van der Waals surface area contributed by atoms with Crippen LogP contribution in [0.15, 0.2) is 33.3 Å². The Hall–Kier alpha value is -0.320. The van der Waals surface area contributed by atoms with Crippen LogP contribution in [0.2, 0.25) is 0 Å². The Balaban J connectivity index is 2.55. The third-order valence-corrected chi connectivity index (χ3v) is 3.65. The molecule has 0 aliphatic carbocycles. The Morgan fingerprint density at radius 3 is 2.44 bits per heavy atom. The van der Waals surface area contributed by atoms with Gasteiger partial charge in [-0.3, -0.25) is 0 Å². The Labute approximate surface area is 116 Å². The van der Waals surface area contributed by atoms with Crippen LogP contribution in [0.4, 0.5) is 0 Å². The van der Waals surface area contributed by atoms with E-state index in [1.54, 1.807) is 0 Å². The quantitative estimate of drug-likeness (QED) is 0.720. The molecule has 0 amide bonds. The summed E-state index contributed by atoms with van der Waals surface area (Å²) in [7, 11) is 0. The van der Waals surface area contributed by atoms with Crippen LogP contribution in [-0.4, -0.2) is 9.78 Å². The van der Waals surface area contributed by atoms with E-state index in [4.69, 9.17) is 11.6 Å². The van der Waals surface area contributed by atoms with Crippen molar-refractivity contribution < 1.29 is 0 Å². The number of aromatic nitrogens is 2. The van der Waals surface area contributed by atoms with Crippen molar-refractivity contribution in [1.82, 2.24) is 9.78 Å². The van der Waals surface area contributed by atoms with Crippen LogP contribution in [0.3, 0.4) is 0 Å².